The third-order valence-corrected chi connectivity index (χ3v) is 5.48. The molecule has 0 unspecified atom stereocenters. The van der Waals surface area contributed by atoms with Gasteiger partial charge in [0.15, 0.2) is 6.61 Å². The van der Waals surface area contributed by atoms with E-state index in [1.54, 1.807) is 31.4 Å². The molecule has 1 heterocycles. The molecule has 0 N–H and O–H groups in total. The number of carbonyl (C=O) groups excluding carboxylic acids is 2. The summed E-state index contributed by atoms with van der Waals surface area (Å²) in [5.74, 6) is 0.835. The number of benzene rings is 1. The molecule has 27 heavy (non-hydrogen) atoms. The first kappa shape index (κ1) is 19.3. The van der Waals surface area contributed by atoms with Crippen molar-refractivity contribution in [2.45, 2.75) is 45.1 Å². The van der Waals surface area contributed by atoms with Gasteiger partial charge in [-0.15, -0.1) is 0 Å². The summed E-state index contributed by atoms with van der Waals surface area (Å²) in [7, 11) is 3.39. The van der Waals surface area contributed by atoms with E-state index >= 15 is 0 Å². The van der Waals surface area contributed by atoms with Crippen LogP contribution in [0, 0.1) is 5.92 Å². The number of rotatable bonds is 6. The van der Waals surface area contributed by atoms with Crippen molar-refractivity contribution in [2.75, 3.05) is 20.8 Å². The molecule has 1 aliphatic rings. The van der Waals surface area contributed by atoms with Crippen LogP contribution in [0.3, 0.4) is 0 Å². The van der Waals surface area contributed by atoms with Gasteiger partial charge in [0, 0.05) is 30.1 Å². The first-order chi connectivity index (χ1) is 13.0. The lowest BCUT2D eigenvalue weighted by atomic mass is 9.87. The highest BCUT2D eigenvalue weighted by Gasteiger charge is 2.25. The molecule has 6 heteroatoms. The fourth-order valence-electron chi connectivity index (χ4n) is 3.61. The fraction of sp³-hybridized carbons (Fsp3) is 0.524. The van der Waals surface area contributed by atoms with Gasteiger partial charge in [-0.3, -0.25) is 9.59 Å². The Balaban J connectivity index is 1.51. The van der Waals surface area contributed by atoms with Crippen LogP contribution in [0.5, 0.6) is 5.75 Å². The van der Waals surface area contributed by atoms with Gasteiger partial charge < -0.3 is 18.8 Å². The van der Waals surface area contributed by atoms with E-state index < -0.39 is 5.97 Å². The quantitative estimate of drug-likeness (QED) is 0.724. The van der Waals surface area contributed by atoms with Gasteiger partial charge in [-0.05, 0) is 43.7 Å². The number of likely N-dealkylation sites (N-methyl/N-ethyl adjacent to an activating group) is 1. The van der Waals surface area contributed by atoms with Crippen molar-refractivity contribution >= 4 is 22.8 Å². The van der Waals surface area contributed by atoms with Gasteiger partial charge in [0.1, 0.15) is 11.3 Å². The molecule has 6 nitrogen and oxygen atoms in total. The lowest BCUT2D eigenvalue weighted by molar-refractivity contribution is -0.152. The molecule has 146 valence electrons. The predicted octanol–water partition coefficient (Wildman–Crippen LogP) is 3.56. The minimum Gasteiger partial charge on any atom is -0.497 e. The van der Waals surface area contributed by atoms with Crippen molar-refractivity contribution in [3.63, 3.8) is 0 Å². The summed E-state index contributed by atoms with van der Waals surface area (Å²) in [4.78, 5) is 26.2. The fourth-order valence-corrected chi connectivity index (χ4v) is 3.61. The minimum atomic E-state index is -0.437. The molecule has 0 spiro atoms. The van der Waals surface area contributed by atoms with Crippen molar-refractivity contribution in [1.29, 1.82) is 0 Å². The van der Waals surface area contributed by atoms with E-state index in [0.717, 1.165) is 42.6 Å². The van der Waals surface area contributed by atoms with Crippen molar-refractivity contribution in [3.8, 4) is 5.75 Å². The molecule has 1 aliphatic carbocycles. The van der Waals surface area contributed by atoms with E-state index in [4.69, 9.17) is 13.9 Å². The van der Waals surface area contributed by atoms with Gasteiger partial charge in [0.05, 0.1) is 19.8 Å². The number of ether oxygens (including phenoxy) is 2. The number of carbonyl (C=O) groups is 2. The highest BCUT2D eigenvalue weighted by Crippen LogP contribution is 2.27. The third kappa shape index (κ3) is 4.62. The Bertz CT molecular complexity index is 804. The summed E-state index contributed by atoms with van der Waals surface area (Å²) >= 11 is 0. The van der Waals surface area contributed by atoms with Crippen molar-refractivity contribution in [2.24, 2.45) is 5.92 Å². The van der Waals surface area contributed by atoms with Gasteiger partial charge >= 0.3 is 5.97 Å². The smallest absolute Gasteiger partial charge is 0.310 e. The Morgan fingerprint density at radius 2 is 1.96 bits per heavy atom. The van der Waals surface area contributed by atoms with Crippen LogP contribution in [0.2, 0.25) is 0 Å². The Morgan fingerprint density at radius 1 is 1.22 bits per heavy atom. The van der Waals surface area contributed by atoms with E-state index in [0.29, 0.717) is 11.3 Å². The second kappa shape index (κ2) is 8.46. The largest absolute Gasteiger partial charge is 0.497 e. The summed E-state index contributed by atoms with van der Waals surface area (Å²) in [5.41, 5.74) is 1.39. The summed E-state index contributed by atoms with van der Waals surface area (Å²) in [6.45, 7) is 2.03. The minimum absolute atomic E-state index is 0.0667. The van der Waals surface area contributed by atoms with Crippen LogP contribution in [0.4, 0.5) is 0 Å². The van der Waals surface area contributed by atoms with Gasteiger partial charge in [0.25, 0.3) is 5.91 Å². The zero-order valence-electron chi connectivity index (χ0n) is 16.2. The van der Waals surface area contributed by atoms with E-state index in [2.05, 4.69) is 6.92 Å². The third-order valence-electron chi connectivity index (χ3n) is 5.48. The van der Waals surface area contributed by atoms with Gasteiger partial charge in [0.2, 0.25) is 0 Å². The normalized spacial score (nSPS) is 19.7. The van der Waals surface area contributed by atoms with Gasteiger partial charge in [-0.2, -0.15) is 0 Å². The number of esters is 1. The van der Waals surface area contributed by atoms with Crippen LogP contribution in [0.25, 0.3) is 11.0 Å². The second-order valence-corrected chi connectivity index (χ2v) is 7.38. The zero-order valence-corrected chi connectivity index (χ0v) is 16.2. The number of furan rings is 1. The molecule has 1 aromatic heterocycles. The second-order valence-electron chi connectivity index (χ2n) is 7.38. The number of hydrogen-bond acceptors (Lipinski definition) is 5. The molecule has 1 saturated carbocycles. The number of nitrogens with zero attached hydrogens (tertiary/aromatic N) is 1. The summed E-state index contributed by atoms with van der Waals surface area (Å²) in [5, 5.41) is 0.840. The van der Waals surface area contributed by atoms with E-state index in [9.17, 15) is 9.59 Å². The molecule has 0 atom stereocenters. The zero-order chi connectivity index (χ0) is 19.4. The SMILES string of the molecule is COc1ccc2c(CC(=O)OCC(=O)N(C)C3CCC(C)CC3)coc2c1. The average Bonchev–Trinajstić information content (AvgIpc) is 3.08. The first-order valence-electron chi connectivity index (χ1n) is 9.43. The molecule has 0 radical (unpaired) electrons. The van der Waals surface area contributed by atoms with Crippen LogP contribution in [-0.2, 0) is 20.7 Å². The standard InChI is InChI=1S/C21H27NO5/c1-14-4-6-16(7-5-14)22(2)20(23)13-27-21(24)10-15-12-26-19-11-17(25-3)8-9-18(15)19/h8-9,11-12,14,16H,4-7,10,13H2,1-3H3. The molecular weight excluding hydrogens is 346 g/mol. The Kier molecular flexibility index (Phi) is 6.04. The lowest BCUT2D eigenvalue weighted by Crippen LogP contribution is -2.41. The van der Waals surface area contributed by atoms with E-state index in [-0.39, 0.29) is 25.0 Å². The lowest BCUT2D eigenvalue weighted by Gasteiger charge is -2.33. The molecule has 1 fully saturated rings. The van der Waals surface area contributed by atoms with Crippen LogP contribution in [-0.4, -0.2) is 43.6 Å². The predicted molar refractivity (Wildman–Crippen MR) is 102 cm³/mol. The highest BCUT2D eigenvalue weighted by molar-refractivity contribution is 5.87. The van der Waals surface area contributed by atoms with Gasteiger partial charge in [-0.1, -0.05) is 6.92 Å². The number of fused-ring (bicyclic) bond motifs is 1. The van der Waals surface area contributed by atoms with Crippen molar-refractivity contribution in [1.82, 2.24) is 4.90 Å². The topological polar surface area (TPSA) is 69.0 Å². The molecule has 0 aliphatic heterocycles. The highest BCUT2D eigenvalue weighted by atomic mass is 16.5. The number of amides is 1. The van der Waals surface area contributed by atoms with Crippen molar-refractivity contribution < 1.29 is 23.5 Å². The molecule has 0 saturated heterocycles. The Morgan fingerprint density at radius 3 is 2.67 bits per heavy atom. The van der Waals surface area contributed by atoms with E-state index in [1.807, 2.05) is 12.1 Å². The Hall–Kier alpha value is -2.50. The van der Waals surface area contributed by atoms with E-state index in [1.165, 1.54) is 0 Å². The molecule has 1 amide bonds. The monoisotopic (exact) mass is 373 g/mol. The number of hydrogen-bond donors (Lipinski definition) is 0. The summed E-state index contributed by atoms with van der Waals surface area (Å²) in [6.07, 6.45) is 5.92. The molecule has 1 aromatic carbocycles. The van der Waals surface area contributed by atoms with Crippen LogP contribution < -0.4 is 4.74 Å². The molecular formula is C21H27NO5. The molecule has 0 bridgehead atoms. The maximum Gasteiger partial charge on any atom is 0.310 e. The molecule has 2 aromatic rings. The average molecular weight is 373 g/mol. The van der Waals surface area contributed by atoms with Crippen LogP contribution in [0.15, 0.2) is 28.9 Å². The van der Waals surface area contributed by atoms with Crippen molar-refractivity contribution in [3.05, 3.63) is 30.0 Å². The Labute approximate surface area is 159 Å². The summed E-state index contributed by atoms with van der Waals surface area (Å²) < 4.78 is 15.9. The van der Waals surface area contributed by atoms with Gasteiger partial charge in [-0.25, -0.2) is 0 Å². The first-order valence-corrected chi connectivity index (χ1v) is 9.43. The maximum atomic E-state index is 12.3. The van der Waals surface area contributed by atoms with Crippen LogP contribution >= 0.6 is 0 Å². The maximum absolute atomic E-state index is 12.3. The number of methoxy groups -OCH3 is 1. The molecule has 3 rings (SSSR count). The summed E-state index contributed by atoms with van der Waals surface area (Å²) in [6, 6.07) is 5.69. The van der Waals surface area contributed by atoms with Crippen LogP contribution in [0.1, 0.15) is 38.2 Å².